The molecule has 0 unspecified atom stereocenters. The summed E-state index contributed by atoms with van der Waals surface area (Å²) < 4.78 is 40.2. The fraction of sp³-hybridized carbons (Fsp3) is 0.0870. The normalized spacial score (nSPS) is 11.5. The third-order valence-electron chi connectivity index (χ3n) is 4.97. The molecular weight excluding hydrogens is 475 g/mol. The SMILES string of the molecule is O=C(NCc1ccccc1)c1ccc2c(=O)n(-c3cc(C(F)(F)F)ccc3Cl)c(=S)[nH]c2c1. The van der Waals surface area contributed by atoms with Gasteiger partial charge in [0.05, 0.1) is 27.2 Å². The summed E-state index contributed by atoms with van der Waals surface area (Å²) in [6.45, 7) is 0.323. The van der Waals surface area contributed by atoms with Crippen molar-refractivity contribution in [3.05, 3.63) is 104 Å². The molecule has 0 fully saturated rings. The van der Waals surface area contributed by atoms with Gasteiger partial charge in [-0.15, -0.1) is 0 Å². The minimum Gasteiger partial charge on any atom is -0.348 e. The fourth-order valence-corrected chi connectivity index (χ4v) is 3.81. The lowest BCUT2D eigenvalue weighted by Gasteiger charge is -2.13. The van der Waals surface area contributed by atoms with Gasteiger partial charge in [-0.3, -0.25) is 14.2 Å². The van der Waals surface area contributed by atoms with Crippen LogP contribution in [0.4, 0.5) is 13.2 Å². The summed E-state index contributed by atoms with van der Waals surface area (Å²) >= 11 is 11.3. The average Bonchev–Trinajstić information content (AvgIpc) is 2.78. The molecule has 1 amide bonds. The molecule has 168 valence electrons. The molecule has 0 saturated heterocycles. The van der Waals surface area contributed by atoms with Gasteiger partial charge in [-0.05, 0) is 54.2 Å². The summed E-state index contributed by atoms with van der Waals surface area (Å²) in [5, 5.41) is 2.86. The number of H-pyrrole nitrogens is 1. The van der Waals surface area contributed by atoms with Gasteiger partial charge in [-0.1, -0.05) is 41.9 Å². The second kappa shape index (κ2) is 8.84. The Balaban J connectivity index is 1.73. The van der Waals surface area contributed by atoms with Crippen molar-refractivity contribution in [3.8, 4) is 5.69 Å². The monoisotopic (exact) mass is 489 g/mol. The predicted octanol–water partition coefficient (Wildman–Crippen LogP) is 5.65. The number of rotatable bonds is 4. The number of benzene rings is 3. The third kappa shape index (κ3) is 4.69. The van der Waals surface area contributed by atoms with Crippen LogP contribution < -0.4 is 10.9 Å². The Hall–Kier alpha value is -3.43. The first-order chi connectivity index (χ1) is 15.6. The molecule has 1 aromatic heterocycles. The number of nitrogens with zero attached hydrogens (tertiary/aromatic N) is 1. The lowest BCUT2D eigenvalue weighted by Crippen LogP contribution is -2.24. The van der Waals surface area contributed by atoms with Crippen LogP contribution in [0, 0.1) is 4.77 Å². The van der Waals surface area contributed by atoms with Gasteiger partial charge in [0.25, 0.3) is 11.5 Å². The number of amides is 1. The van der Waals surface area contributed by atoms with Gasteiger partial charge in [-0.2, -0.15) is 13.2 Å². The smallest absolute Gasteiger partial charge is 0.348 e. The van der Waals surface area contributed by atoms with E-state index in [0.29, 0.717) is 12.1 Å². The van der Waals surface area contributed by atoms with E-state index in [2.05, 4.69) is 10.3 Å². The van der Waals surface area contributed by atoms with Gasteiger partial charge in [0.15, 0.2) is 4.77 Å². The zero-order chi connectivity index (χ0) is 23.8. The highest BCUT2D eigenvalue weighted by Gasteiger charge is 2.31. The molecule has 33 heavy (non-hydrogen) atoms. The Morgan fingerprint density at radius 3 is 2.48 bits per heavy atom. The van der Waals surface area contributed by atoms with Gasteiger partial charge >= 0.3 is 6.18 Å². The standard InChI is InChI=1S/C23H15ClF3N3O2S/c24-17-9-7-15(23(25,26)27)11-19(17)30-21(32)16-8-6-14(10-18(16)29-22(30)33)20(31)28-12-13-4-2-1-3-5-13/h1-11H,12H2,(H,28,31)(H,29,33). The Morgan fingerprint density at radius 1 is 1.06 bits per heavy atom. The van der Waals surface area contributed by atoms with Crippen LogP contribution in [0.2, 0.25) is 5.02 Å². The van der Waals surface area contributed by atoms with Crippen LogP contribution in [0.5, 0.6) is 0 Å². The summed E-state index contributed by atoms with van der Waals surface area (Å²) in [6.07, 6.45) is -4.62. The molecule has 1 heterocycles. The van der Waals surface area contributed by atoms with Crippen molar-refractivity contribution in [2.75, 3.05) is 0 Å². The van der Waals surface area contributed by atoms with Gasteiger partial charge in [0.1, 0.15) is 0 Å². The first kappa shape index (κ1) is 22.8. The number of aromatic nitrogens is 2. The largest absolute Gasteiger partial charge is 0.416 e. The van der Waals surface area contributed by atoms with E-state index in [0.717, 1.165) is 28.3 Å². The molecule has 3 aromatic carbocycles. The van der Waals surface area contributed by atoms with Gasteiger partial charge in [-0.25, -0.2) is 0 Å². The lowest BCUT2D eigenvalue weighted by molar-refractivity contribution is -0.137. The number of carbonyl (C=O) groups excluding carboxylic acids is 1. The van der Waals surface area contributed by atoms with Crippen LogP contribution in [-0.2, 0) is 12.7 Å². The molecule has 5 nitrogen and oxygen atoms in total. The van der Waals surface area contributed by atoms with Crippen molar-refractivity contribution < 1.29 is 18.0 Å². The molecule has 0 radical (unpaired) electrons. The maximum absolute atomic E-state index is 13.2. The highest BCUT2D eigenvalue weighted by Crippen LogP contribution is 2.33. The molecule has 0 aliphatic heterocycles. The lowest BCUT2D eigenvalue weighted by atomic mass is 10.1. The van der Waals surface area contributed by atoms with E-state index >= 15 is 0 Å². The van der Waals surface area contributed by atoms with E-state index in [1.54, 1.807) is 0 Å². The van der Waals surface area contributed by atoms with E-state index in [1.165, 1.54) is 18.2 Å². The number of aromatic amines is 1. The van der Waals surface area contributed by atoms with Crippen molar-refractivity contribution in [1.29, 1.82) is 0 Å². The number of alkyl halides is 3. The maximum Gasteiger partial charge on any atom is 0.416 e. The van der Waals surface area contributed by atoms with Crippen molar-refractivity contribution in [3.63, 3.8) is 0 Å². The Bertz CT molecular complexity index is 1480. The first-order valence-electron chi connectivity index (χ1n) is 9.63. The molecule has 4 rings (SSSR count). The topological polar surface area (TPSA) is 66.9 Å². The first-order valence-corrected chi connectivity index (χ1v) is 10.4. The summed E-state index contributed by atoms with van der Waals surface area (Å²) in [4.78, 5) is 28.4. The molecule has 0 spiro atoms. The van der Waals surface area contributed by atoms with E-state index in [-0.39, 0.29) is 32.3 Å². The minimum absolute atomic E-state index is 0.0686. The summed E-state index contributed by atoms with van der Waals surface area (Å²) in [6, 6.07) is 16.3. The van der Waals surface area contributed by atoms with Crippen LogP contribution in [0.25, 0.3) is 16.6 Å². The van der Waals surface area contributed by atoms with Crippen molar-refractivity contribution in [2.45, 2.75) is 12.7 Å². The quantitative estimate of drug-likeness (QED) is 0.364. The number of carbonyl (C=O) groups is 1. The zero-order valence-corrected chi connectivity index (χ0v) is 18.3. The highest BCUT2D eigenvalue weighted by atomic mass is 35.5. The predicted molar refractivity (Wildman–Crippen MR) is 122 cm³/mol. The van der Waals surface area contributed by atoms with Crippen molar-refractivity contribution >= 4 is 40.6 Å². The fourth-order valence-electron chi connectivity index (χ4n) is 3.32. The molecule has 4 aromatic rings. The molecule has 0 bridgehead atoms. The molecule has 0 saturated carbocycles. The van der Waals surface area contributed by atoms with Crippen LogP contribution in [0.1, 0.15) is 21.5 Å². The van der Waals surface area contributed by atoms with Crippen LogP contribution in [-0.4, -0.2) is 15.5 Å². The Kier molecular flexibility index (Phi) is 6.09. The molecule has 0 aliphatic carbocycles. The Morgan fingerprint density at radius 2 is 1.79 bits per heavy atom. The van der Waals surface area contributed by atoms with Crippen LogP contribution in [0.3, 0.4) is 0 Å². The number of hydrogen-bond acceptors (Lipinski definition) is 3. The maximum atomic E-state index is 13.2. The molecule has 2 N–H and O–H groups in total. The Labute approximate surface area is 195 Å². The molecule has 0 atom stereocenters. The van der Waals surface area contributed by atoms with Gasteiger partial charge in [0.2, 0.25) is 0 Å². The second-order valence-corrected chi connectivity index (χ2v) is 7.96. The summed E-state index contributed by atoms with van der Waals surface area (Å²) in [5.74, 6) is -0.356. The molecular formula is C23H15ClF3N3O2S. The zero-order valence-electron chi connectivity index (χ0n) is 16.7. The summed E-state index contributed by atoms with van der Waals surface area (Å²) in [7, 11) is 0. The number of fused-ring (bicyclic) bond motifs is 1. The van der Waals surface area contributed by atoms with Crippen molar-refractivity contribution in [2.24, 2.45) is 0 Å². The molecule has 0 aliphatic rings. The van der Waals surface area contributed by atoms with Crippen molar-refractivity contribution in [1.82, 2.24) is 14.9 Å². The second-order valence-electron chi connectivity index (χ2n) is 7.16. The average molecular weight is 490 g/mol. The summed E-state index contributed by atoms with van der Waals surface area (Å²) in [5.41, 5.74) is -0.328. The van der Waals surface area contributed by atoms with E-state index in [9.17, 15) is 22.8 Å². The molecule has 10 heteroatoms. The van der Waals surface area contributed by atoms with E-state index < -0.39 is 17.3 Å². The van der Waals surface area contributed by atoms with E-state index in [1.807, 2.05) is 30.3 Å². The minimum atomic E-state index is -4.62. The van der Waals surface area contributed by atoms with Crippen LogP contribution >= 0.6 is 23.8 Å². The van der Waals surface area contributed by atoms with E-state index in [4.69, 9.17) is 23.8 Å². The van der Waals surface area contributed by atoms with Gasteiger partial charge in [0, 0.05) is 12.1 Å². The number of halogens is 4. The van der Waals surface area contributed by atoms with Gasteiger partial charge < -0.3 is 10.3 Å². The number of nitrogens with one attached hydrogen (secondary N) is 2. The highest BCUT2D eigenvalue weighted by molar-refractivity contribution is 7.71. The third-order valence-corrected chi connectivity index (χ3v) is 5.57. The van der Waals surface area contributed by atoms with Crippen LogP contribution in [0.15, 0.2) is 71.5 Å². The number of hydrogen-bond donors (Lipinski definition) is 2.